The number of rotatable bonds is 0. The van der Waals surface area contributed by atoms with E-state index in [-0.39, 0.29) is 0 Å². The van der Waals surface area contributed by atoms with Crippen LogP contribution in [0.2, 0.25) is 0 Å². The van der Waals surface area contributed by atoms with Crippen molar-refractivity contribution in [1.29, 1.82) is 10.5 Å². The normalized spacial score (nSPS) is 10.1. The summed E-state index contributed by atoms with van der Waals surface area (Å²) in [5.74, 6) is 0. The molecule has 0 fully saturated rings. The molecule has 2 heteroatoms. The molecule has 0 unspecified atom stereocenters. The zero-order valence-electron chi connectivity index (χ0n) is 9.51. The molecule has 82 valence electrons. The van der Waals surface area contributed by atoms with Crippen LogP contribution >= 0.6 is 0 Å². The zero-order chi connectivity index (χ0) is 12.5. The topological polar surface area (TPSA) is 47.6 Å². The molecule has 3 aromatic rings. The van der Waals surface area contributed by atoms with E-state index in [9.17, 15) is 5.26 Å². The van der Waals surface area contributed by atoms with Crippen LogP contribution in [0.1, 0.15) is 11.1 Å². The van der Waals surface area contributed by atoms with E-state index in [0.29, 0.717) is 11.1 Å². The van der Waals surface area contributed by atoms with Crippen molar-refractivity contribution in [2.24, 2.45) is 0 Å². The van der Waals surface area contributed by atoms with Crippen LogP contribution < -0.4 is 0 Å². The third kappa shape index (κ3) is 1.41. The highest BCUT2D eigenvalue weighted by atomic mass is 14.3. The number of nitriles is 2. The SMILES string of the molecule is N#Cc1cc(C#N)c2c(ccc3ccccc32)c1. The van der Waals surface area contributed by atoms with Gasteiger partial charge in [0.15, 0.2) is 0 Å². The molecule has 3 aromatic carbocycles. The van der Waals surface area contributed by atoms with E-state index in [1.54, 1.807) is 6.07 Å². The number of benzene rings is 3. The monoisotopic (exact) mass is 228 g/mol. The van der Waals surface area contributed by atoms with Crippen LogP contribution in [-0.2, 0) is 0 Å². The molecule has 0 aliphatic heterocycles. The first-order valence-corrected chi connectivity index (χ1v) is 5.59. The van der Waals surface area contributed by atoms with E-state index in [0.717, 1.165) is 21.5 Å². The third-order valence-corrected chi connectivity index (χ3v) is 3.09. The zero-order valence-corrected chi connectivity index (χ0v) is 9.51. The lowest BCUT2D eigenvalue weighted by Gasteiger charge is -2.06. The molecule has 3 rings (SSSR count). The minimum atomic E-state index is 0.523. The largest absolute Gasteiger partial charge is 0.192 e. The van der Waals surface area contributed by atoms with Gasteiger partial charge in [0, 0.05) is 5.39 Å². The van der Waals surface area contributed by atoms with Crippen molar-refractivity contribution in [2.75, 3.05) is 0 Å². The summed E-state index contributed by atoms with van der Waals surface area (Å²) < 4.78 is 0. The molecule has 0 saturated carbocycles. The Hall–Kier alpha value is -2.84. The third-order valence-electron chi connectivity index (χ3n) is 3.09. The Labute approximate surface area is 104 Å². The Morgan fingerprint density at radius 2 is 1.56 bits per heavy atom. The molecule has 0 aromatic heterocycles. The number of fused-ring (bicyclic) bond motifs is 3. The van der Waals surface area contributed by atoms with Crippen LogP contribution in [0.25, 0.3) is 21.5 Å². The highest BCUT2D eigenvalue weighted by Crippen LogP contribution is 2.29. The van der Waals surface area contributed by atoms with Gasteiger partial charge in [-0.25, -0.2) is 0 Å². The molecule has 0 aliphatic carbocycles. The van der Waals surface area contributed by atoms with Crippen LogP contribution in [-0.4, -0.2) is 0 Å². The molecule has 0 bridgehead atoms. The predicted octanol–water partition coefficient (Wildman–Crippen LogP) is 3.74. The van der Waals surface area contributed by atoms with Crippen molar-refractivity contribution in [3.05, 3.63) is 59.7 Å². The molecule has 0 spiro atoms. The van der Waals surface area contributed by atoms with Crippen molar-refractivity contribution < 1.29 is 0 Å². The average molecular weight is 228 g/mol. The molecule has 0 N–H and O–H groups in total. The van der Waals surface area contributed by atoms with E-state index in [4.69, 9.17) is 5.26 Å². The quantitative estimate of drug-likeness (QED) is 0.550. The summed E-state index contributed by atoms with van der Waals surface area (Å²) in [6.45, 7) is 0. The van der Waals surface area contributed by atoms with Crippen molar-refractivity contribution >= 4 is 21.5 Å². The second kappa shape index (κ2) is 3.87. The lowest BCUT2D eigenvalue weighted by molar-refractivity contribution is 1.47. The minimum absolute atomic E-state index is 0.523. The molecule has 0 aliphatic rings. The van der Waals surface area contributed by atoms with Crippen molar-refractivity contribution in [2.45, 2.75) is 0 Å². The second-order valence-electron chi connectivity index (χ2n) is 4.13. The molecule has 0 radical (unpaired) electrons. The lowest BCUT2D eigenvalue weighted by atomic mass is 9.96. The van der Waals surface area contributed by atoms with Crippen LogP contribution in [0.4, 0.5) is 0 Å². The van der Waals surface area contributed by atoms with Crippen LogP contribution in [0.5, 0.6) is 0 Å². The van der Waals surface area contributed by atoms with Gasteiger partial charge in [-0.2, -0.15) is 10.5 Å². The number of hydrogen-bond donors (Lipinski definition) is 0. The fraction of sp³-hybridized carbons (Fsp3) is 0. The molecule has 18 heavy (non-hydrogen) atoms. The smallest absolute Gasteiger partial charge is 0.0998 e. The maximum Gasteiger partial charge on any atom is 0.0998 e. The average Bonchev–Trinajstić information content (AvgIpc) is 2.45. The molecule has 0 atom stereocenters. The molecular formula is C16H8N2. The number of hydrogen-bond acceptors (Lipinski definition) is 2. The fourth-order valence-electron chi connectivity index (χ4n) is 2.30. The fourth-order valence-corrected chi connectivity index (χ4v) is 2.30. The van der Waals surface area contributed by atoms with Crippen LogP contribution in [0, 0.1) is 22.7 Å². The summed E-state index contributed by atoms with van der Waals surface area (Å²) in [7, 11) is 0. The maximum atomic E-state index is 9.26. The van der Waals surface area contributed by atoms with Crippen molar-refractivity contribution in [3.63, 3.8) is 0 Å². The predicted molar refractivity (Wildman–Crippen MR) is 70.9 cm³/mol. The van der Waals surface area contributed by atoms with Gasteiger partial charge >= 0.3 is 0 Å². The van der Waals surface area contributed by atoms with Gasteiger partial charge in [-0.3, -0.25) is 0 Å². The van der Waals surface area contributed by atoms with Gasteiger partial charge in [0.05, 0.1) is 23.3 Å². The Kier molecular flexibility index (Phi) is 2.22. The van der Waals surface area contributed by atoms with E-state index in [2.05, 4.69) is 12.1 Å². The Morgan fingerprint density at radius 3 is 2.33 bits per heavy atom. The Morgan fingerprint density at radius 1 is 0.778 bits per heavy atom. The summed E-state index contributed by atoms with van der Waals surface area (Å²) in [6, 6.07) is 19.7. The summed E-state index contributed by atoms with van der Waals surface area (Å²) >= 11 is 0. The van der Waals surface area contributed by atoms with Gasteiger partial charge in [0.2, 0.25) is 0 Å². The number of nitrogens with zero attached hydrogens (tertiary/aromatic N) is 2. The van der Waals surface area contributed by atoms with Gasteiger partial charge < -0.3 is 0 Å². The van der Waals surface area contributed by atoms with Crippen LogP contribution in [0.3, 0.4) is 0 Å². The van der Waals surface area contributed by atoms with E-state index in [1.807, 2.05) is 42.5 Å². The van der Waals surface area contributed by atoms with Gasteiger partial charge in [-0.15, -0.1) is 0 Å². The molecule has 2 nitrogen and oxygen atoms in total. The van der Waals surface area contributed by atoms with Crippen molar-refractivity contribution in [1.82, 2.24) is 0 Å². The van der Waals surface area contributed by atoms with Gasteiger partial charge in [-0.05, 0) is 28.3 Å². The molecule has 0 amide bonds. The minimum Gasteiger partial charge on any atom is -0.192 e. The first kappa shape index (κ1) is 10.3. The summed E-state index contributed by atoms with van der Waals surface area (Å²) in [4.78, 5) is 0. The van der Waals surface area contributed by atoms with Gasteiger partial charge in [-0.1, -0.05) is 36.4 Å². The second-order valence-corrected chi connectivity index (χ2v) is 4.13. The lowest BCUT2D eigenvalue weighted by Crippen LogP contribution is -1.85. The first-order valence-electron chi connectivity index (χ1n) is 5.59. The maximum absolute atomic E-state index is 9.26. The highest BCUT2D eigenvalue weighted by Gasteiger charge is 2.07. The standard InChI is InChI=1S/C16H8N2/c17-9-11-7-13-6-5-12-3-1-2-4-15(12)16(13)14(8-11)10-18/h1-8H. The molecular weight excluding hydrogens is 220 g/mol. The van der Waals surface area contributed by atoms with Gasteiger partial charge in [0.1, 0.15) is 0 Å². The van der Waals surface area contributed by atoms with Crippen LogP contribution in [0.15, 0.2) is 48.5 Å². The van der Waals surface area contributed by atoms with Gasteiger partial charge in [0.25, 0.3) is 0 Å². The summed E-state index contributed by atoms with van der Waals surface area (Å²) in [6.07, 6.45) is 0. The molecule has 0 heterocycles. The van der Waals surface area contributed by atoms with E-state index < -0.39 is 0 Å². The first-order chi connectivity index (χ1) is 8.83. The van der Waals surface area contributed by atoms with E-state index in [1.165, 1.54) is 0 Å². The highest BCUT2D eigenvalue weighted by molar-refractivity contribution is 6.10. The summed E-state index contributed by atoms with van der Waals surface area (Å²) in [5.41, 5.74) is 1.08. The van der Waals surface area contributed by atoms with E-state index >= 15 is 0 Å². The van der Waals surface area contributed by atoms with Crippen molar-refractivity contribution in [3.8, 4) is 12.1 Å². The summed E-state index contributed by atoms with van der Waals surface area (Å²) in [5, 5.41) is 22.2. The Balaban J connectivity index is 2.59. The molecule has 0 saturated heterocycles. The Bertz CT molecular complexity index is 848.